The minimum atomic E-state index is -0.284. The molecule has 0 unspecified atom stereocenters. The molecule has 0 aliphatic heterocycles. The maximum Gasteiger partial charge on any atom is 0.272 e. The molecule has 3 rings (SSSR count). The molecule has 128 valence electrons. The molecule has 0 saturated carbocycles. The summed E-state index contributed by atoms with van der Waals surface area (Å²) in [6, 6.07) is 13.7. The van der Waals surface area contributed by atoms with Crippen LogP contribution in [0, 0.1) is 6.92 Å². The average Bonchev–Trinajstić information content (AvgIpc) is 2.91. The van der Waals surface area contributed by atoms with E-state index in [-0.39, 0.29) is 5.91 Å². The van der Waals surface area contributed by atoms with E-state index in [1.807, 2.05) is 18.2 Å². The van der Waals surface area contributed by atoms with Crippen LogP contribution in [0.15, 0.2) is 53.5 Å². The molecule has 0 bridgehead atoms. The lowest BCUT2D eigenvalue weighted by molar-refractivity contribution is -0.113. The third-order valence-electron chi connectivity index (χ3n) is 3.80. The minimum Gasteiger partial charge on any atom is -0.316 e. The lowest BCUT2D eigenvalue weighted by Crippen LogP contribution is -2.16. The van der Waals surface area contributed by atoms with Crippen molar-refractivity contribution in [3.8, 4) is 0 Å². The summed E-state index contributed by atoms with van der Waals surface area (Å²) in [5.41, 5.74) is 3.13. The smallest absolute Gasteiger partial charge is 0.272 e. The monoisotopic (exact) mass is 370 g/mol. The Labute approximate surface area is 155 Å². The molecule has 1 aromatic heterocycles. The van der Waals surface area contributed by atoms with Gasteiger partial charge in [0.05, 0.1) is 10.2 Å². The van der Waals surface area contributed by atoms with Gasteiger partial charge in [0.2, 0.25) is 0 Å². The first-order valence-electron chi connectivity index (χ1n) is 8.20. The van der Waals surface area contributed by atoms with Crippen molar-refractivity contribution >= 4 is 45.1 Å². The number of thiazole rings is 1. The van der Waals surface area contributed by atoms with E-state index in [9.17, 15) is 4.79 Å². The summed E-state index contributed by atoms with van der Waals surface area (Å²) in [7, 11) is 0. The Morgan fingerprint density at radius 2 is 2.08 bits per heavy atom. The van der Waals surface area contributed by atoms with Crippen molar-refractivity contribution in [2.24, 2.45) is 4.99 Å². The number of hydrogen-bond donors (Lipinski definition) is 0. The van der Waals surface area contributed by atoms with Crippen LogP contribution in [-0.4, -0.2) is 10.5 Å². The number of aryl methyl sites for hydroxylation is 2. The maximum atomic E-state index is 12.3. The zero-order chi connectivity index (χ0) is 17.8. The molecule has 0 atom stereocenters. The van der Waals surface area contributed by atoms with Crippen molar-refractivity contribution in [2.75, 3.05) is 0 Å². The summed E-state index contributed by atoms with van der Waals surface area (Å²) in [6.45, 7) is 5.02. The SMILES string of the molecule is CCCn1c(=NC(=O)/C=C/c2ccccc2Cl)sc2cc(C)ccc21. The Morgan fingerprint density at radius 3 is 2.84 bits per heavy atom. The van der Waals surface area contributed by atoms with E-state index in [2.05, 4.69) is 41.6 Å². The summed E-state index contributed by atoms with van der Waals surface area (Å²) in [4.78, 5) is 17.3. The number of amides is 1. The topological polar surface area (TPSA) is 34.4 Å². The van der Waals surface area contributed by atoms with Crippen LogP contribution in [-0.2, 0) is 11.3 Å². The third kappa shape index (κ3) is 4.09. The van der Waals surface area contributed by atoms with Crippen molar-refractivity contribution in [3.63, 3.8) is 0 Å². The number of benzene rings is 2. The van der Waals surface area contributed by atoms with E-state index in [4.69, 9.17) is 11.6 Å². The fourth-order valence-electron chi connectivity index (χ4n) is 2.61. The molecule has 3 aromatic rings. The van der Waals surface area contributed by atoms with Gasteiger partial charge in [-0.3, -0.25) is 4.79 Å². The molecule has 0 fully saturated rings. The molecule has 0 aliphatic carbocycles. The molecule has 1 heterocycles. The van der Waals surface area contributed by atoms with Gasteiger partial charge in [0.25, 0.3) is 5.91 Å². The number of halogens is 1. The molecule has 5 heteroatoms. The Morgan fingerprint density at radius 1 is 1.28 bits per heavy atom. The largest absolute Gasteiger partial charge is 0.316 e. The molecule has 0 spiro atoms. The molecular formula is C20H19ClN2OS. The molecule has 3 nitrogen and oxygen atoms in total. The first kappa shape index (κ1) is 17.6. The molecule has 0 saturated heterocycles. The van der Waals surface area contributed by atoms with Gasteiger partial charge in [0.1, 0.15) is 0 Å². The van der Waals surface area contributed by atoms with E-state index in [1.54, 1.807) is 23.5 Å². The summed E-state index contributed by atoms with van der Waals surface area (Å²) >= 11 is 7.65. The van der Waals surface area contributed by atoms with Gasteiger partial charge in [0, 0.05) is 17.6 Å². The highest BCUT2D eigenvalue weighted by molar-refractivity contribution is 7.16. The first-order valence-corrected chi connectivity index (χ1v) is 9.39. The van der Waals surface area contributed by atoms with E-state index < -0.39 is 0 Å². The molecule has 0 aliphatic rings. The Balaban J connectivity index is 1.98. The normalized spacial score (nSPS) is 12.4. The molecule has 2 aromatic carbocycles. The minimum absolute atomic E-state index is 0.284. The van der Waals surface area contributed by atoms with Crippen LogP contribution in [0.3, 0.4) is 0 Å². The standard InChI is InChI=1S/C20H19ClN2OS/c1-3-12-23-17-10-8-14(2)13-18(17)25-20(23)22-19(24)11-9-15-6-4-5-7-16(15)21/h4-11,13H,3,12H2,1-2H3/b11-9+,22-20?. The molecular weight excluding hydrogens is 352 g/mol. The summed E-state index contributed by atoms with van der Waals surface area (Å²) in [6.07, 6.45) is 4.15. The lowest BCUT2D eigenvalue weighted by atomic mass is 10.2. The number of rotatable bonds is 4. The van der Waals surface area contributed by atoms with E-state index in [0.29, 0.717) is 5.02 Å². The fourth-order valence-corrected chi connectivity index (χ4v) is 3.97. The highest BCUT2D eigenvalue weighted by Crippen LogP contribution is 2.19. The number of carbonyl (C=O) groups excluding carboxylic acids is 1. The fraction of sp³-hybridized carbons (Fsp3) is 0.200. The number of carbonyl (C=O) groups is 1. The van der Waals surface area contributed by atoms with Crippen LogP contribution < -0.4 is 4.80 Å². The van der Waals surface area contributed by atoms with Crippen molar-refractivity contribution < 1.29 is 4.79 Å². The quantitative estimate of drug-likeness (QED) is 0.580. The second kappa shape index (κ2) is 7.81. The molecule has 25 heavy (non-hydrogen) atoms. The van der Waals surface area contributed by atoms with Gasteiger partial charge in [-0.25, -0.2) is 0 Å². The van der Waals surface area contributed by atoms with E-state index in [0.717, 1.165) is 33.5 Å². The van der Waals surface area contributed by atoms with Gasteiger partial charge in [-0.05, 0) is 48.7 Å². The highest BCUT2D eigenvalue weighted by Gasteiger charge is 2.07. The third-order valence-corrected chi connectivity index (χ3v) is 5.19. The van der Waals surface area contributed by atoms with Gasteiger partial charge in [-0.1, -0.05) is 54.1 Å². The van der Waals surface area contributed by atoms with Crippen molar-refractivity contribution in [1.82, 2.24) is 4.57 Å². The number of nitrogens with zero attached hydrogens (tertiary/aromatic N) is 2. The van der Waals surface area contributed by atoms with Crippen molar-refractivity contribution in [1.29, 1.82) is 0 Å². The first-order chi connectivity index (χ1) is 12.1. The van der Waals surface area contributed by atoms with Gasteiger partial charge in [-0.15, -0.1) is 0 Å². The zero-order valence-electron chi connectivity index (χ0n) is 14.2. The van der Waals surface area contributed by atoms with Crippen LogP contribution in [0.1, 0.15) is 24.5 Å². The predicted octanol–water partition coefficient (Wildman–Crippen LogP) is 5.22. The Hall–Kier alpha value is -2.17. The van der Waals surface area contributed by atoms with Gasteiger partial charge in [0.15, 0.2) is 4.80 Å². The zero-order valence-corrected chi connectivity index (χ0v) is 15.8. The highest BCUT2D eigenvalue weighted by atomic mass is 35.5. The van der Waals surface area contributed by atoms with Crippen LogP contribution in [0.2, 0.25) is 5.02 Å². The second-order valence-corrected chi connectivity index (χ2v) is 7.23. The van der Waals surface area contributed by atoms with Gasteiger partial charge >= 0.3 is 0 Å². The summed E-state index contributed by atoms with van der Waals surface area (Å²) < 4.78 is 3.26. The van der Waals surface area contributed by atoms with Crippen LogP contribution in [0.5, 0.6) is 0 Å². The number of aromatic nitrogens is 1. The molecule has 0 N–H and O–H groups in total. The maximum absolute atomic E-state index is 12.3. The van der Waals surface area contributed by atoms with Crippen LogP contribution in [0.25, 0.3) is 16.3 Å². The number of fused-ring (bicyclic) bond motifs is 1. The predicted molar refractivity (Wildman–Crippen MR) is 106 cm³/mol. The van der Waals surface area contributed by atoms with E-state index >= 15 is 0 Å². The lowest BCUT2D eigenvalue weighted by Gasteiger charge is -2.02. The van der Waals surface area contributed by atoms with Crippen molar-refractivity contribution in [2.45, 2.75) is 26.8 Å². The summed E-state index contributed by atoms with van der Waals surface area (Å²) in [5, 5.41) is 0.616. The van der Waals surface area contributed by atoms with Crippen LogP contribution in [0.4, 0.5) is 0 Å². The van der Waals surface area contributed by atoms with Gasteiger partial charge in [-0.2, -0.15) is 4.99 Å². The van der Waals surface area contributed by atoms with Crippen molar-refractivity contribution in [3.05, 3.63) is 69.5 Å². The van der Waals surface area contributed by atoms with E-state index in [1.165, 1.54) is 11.6 Å². The van der Waals surface area contributed by atoms with Gasteiger partial charge < -0.3 is 4.57 Å². The summed E-state index contributed by atoms with van der Waals surface area (Å²) in [5.74, 6) is -0.284. The number of hydrogen-bond acceptors (Lipinski definition) is 2. The second-order valence-electron chi connectivity index (χ2n) is 5.81. The Bertz CT molecular complexity index is 1010. The van der Waals surface area contributed by atoms with Crippen LogP contribution >= 0.6 is 22.9 Å². The molecule has 1 amide bonds. The Kier molecular flexibility index (Phi) is 5.51. The molecule has 0 radical (unpaired) electrons. The average molecular weight is 371 g/mol.